The van der Waals surface area contributed by atoms with Crippen molar-refractivity contribution in [2.75, 3.05) is 23.5 Å². The van der Waals surface area contributed by atoms with Gasteiger partial charge in [0.15, 0.2) is 0 Å². The van der Waals surface area contributed by atoms with Crippen LogP contribution in [0.25, 0.3) is 22.3 Å². The normalized spacial score (nSPS) is 12.6. The summed E-state index contributed by atoms with van der Waals surface area (Å²) in [4.78, 5) is 27.2. The van der Waals surface area contributed by atoms with Crippen LogP contribution in [0, 0.1) is 0 Å². The smallest absolute Gasteiger partial charge is 0.259 e. The van der Waals surface area contributed by atoms with E-state index >= 15 is 0 Å². The number of benzene rings is 2. The van der Waals surface area contributed by atoms with Gasteiger partial charge in [0.1, 0.15) is 11.6 Å². The van der Waals surface area contributed by atoms with Crippen LogP contribution in [-0.2, 0) is 6.54 Å². The zero-order valence-electron chi connectivity index (χ0n) is 17.3. The summed E-state index contributed by atoms with van der Waals surface area (Å²) in [5, 5.41) is 3.92. The van der Waals surface area contributed by atoms with Gasteiger partial charge in [-0.25, -0.2) is 4.98 Å². The van der Waals surface area contributed by atoms with E-state index in [0.29, 0.717) is 42.3 Å². The highest BCUT2D eigenvalue weighted by Gasteiger charge is 2.21. The molecule has 2 N–H and O–H groups in total. The summed E-state index contributed by atoms with van der Waals surface area (Å²) < 4.78 is 5.86. The van der Waals surface area contributed by atoms with E-state index < -0.39 is 0 Å². The van der Waals surface area contributed by atoms with E-state index in [1.165, 1.54) is 0 Å². The number of nitrogens with one attached hydrogen (secondary N) is 2. The minimum atomic E-state index is -0.168. The molecule has 0 bridgehead atoms. The number of para-hydroxylation sites is 1. The number of hydrogen-bond acceptors (Lipinski definition) is 6. The van der Waals surface area contributed by atoms with Crippen LogP contribution in [0.3, 0.4) is 0 Å². The maximum absolute atomic E-state index is 12.9. The molecule has 0 fully saturated rings. The van der Waals surface area contributed by atoms with Crippen molar-refractivity contribution in [3.63, 3.8) is 0 Å². The lowest BCUT2D eigenvalue weighted by Gasteiger charge is -2.17. The summed E-state index contributed by atoms with van der Waals surface area (Å²) in [5.74, 6) is 1.22. The number of H-pyrrole nitrogens is 1. The third kappa shape index (κ3) is 3.70. The minimum absolute atomic E-state index is 0.168. The third-order valence-electron chi connectivity index (χ3n) is 5.31. The Morgan fingerprint density at radius 1 is 1.13 bits per heavy atom. The number of pyridine rings is 1. The zero-order valence-corrected chi connectivity index (χ0v) is 17.3. The minimum Gasteiger partial charge on any atom is -0.493 e. The molecule has 0 saturated carbocycles. The maximum Gasteiger partial charge on any atom is 0.259 e. The van der Waals surface area contributed by atoms with Crippen LogP contribution in [0.2, 0.25) is 0 Å². The lowest BCUT2D eigenvalue weighted by atomic mass is 10.1. The number of fused-ring (bicyclic) bond motifs is 2. The number of ether oxygens (including phenoxy) is 1. The highest BCUT2D eigenvalue weighted by atomic mass is 16.5. The van der Waals surface area contributed by atoms with Crippen molar-refractivity contribution in [2.24, 2.45) is 0 Å². The van der Waals surface area contributed by atoms with Gasteiger partial charge in [-0.05, 0) is 42.8 Å². The Morgan fingerprint density at radius 2 is 2.00 bits per heavy atom. The average molecular weight is 413 g/mol. The number of nitrogens with zero attached hydrogens (tertiary/aromatic N) is 3. The van der Waals surface area contributed by atoms with E-state index in [9.17, 15) is 4.79 Å². The Morgan fingerprint density at radius 3 is 2.84 bits per heavy atom. The Hall–Kier alpha value is -3.87. The Balaban J connectivity index is 1.56. The number of aromatic amines is 1. The SMILES string of the molecule is CCCOc1ccccc1-c1nc2cc3c(cc2c(=O)[nH]1)NCN3Cc1ccccn1. The fourth-order valence-corrected chi connectivity index (χ4v) is 3.80. The number of anilines is 2. The third-order valence-corrected chi connectivity index (χ3v) is 5.31. The summed E-state index contributed by atoms with van der Waals surface area (Å²) in [5.41, 5.74) is 4.18. The molecule has 0 atom stereocenters. The molecule has 1 aliphatic heterocycles. The van der Waals surface area contributed by atoms with Crippen molar-refractivity contribution < 1.29 is 4.74 Å². The molecule has 0 radical (unpaired) electrons. The molecule has 3 heterocycles. The van der Waals surface area contributed by atoms with Crippen LogP contribution in [0.5, 0.6) is 5.75 Å². The molecule has 4 aromatic rings. The maximum atomic E-state index is 12.9. The first-order chi connectivity index (χ1) is 15.2. The number of aromatic nitrogens is 3. The summed E-state index contributed by atoms with van der Waals surface area (Å²) in [6.07, 6.45) is 2.70. The van der Waals surface area contributed by atoms with Gasteiger partial charge in [0.25, 0.3) is 5.56 Å². The predicted molar refractivity (Wildman–Crippen MR) is 122 cm³/mol. The van der Waals surface area contributed by atoms with E-state index in [-0.39, 0.29) is 5.56 Å². The van der Waals surface area contributed by atoms with Crippen molar-refractivity contribution in [3.8, 4) is 17.1 Å². The van der Waals surface area contributed by atoms with Crippen molar-refractivity contribution in [2.45, 2.75) is 19.9 Å². The molecular weight excluding hydrogens is 390 g/mol. The molecule has 0 unspecified atom stereocenters. The second-order valence-corrected chi connectivity index (χ2v) is 7.50. The fraction of sp³-hybridized carbons (Fsp3) is 0.208. The monoisotopic (exact) mass is 413 g/mol. The first-order valence-corrected chi connectivity index (χ1v) is 10.4. The molecular formula is C24H23N5O2. The van der Waals surface area contributed by atoms with Crippen molar-refractivity contribution in [1.82, 2.24) is 15.0 Å². The van der Waals surface area contributed by atoms with Gasteiger partial charge < -0.3 is 19.9 Å². The van der Waals surface area contributed by atoms with E-state index in [2.05, 4.69) is 27.1 Å². The molecule has 31 heavy (non-hydrogen) atoms. The lowest BCUT2D eigenvalue weighted by molar-refractivity contribution is 0.318. The molecule has 5 rings (SSSR count). The molecule has 156 valence electrons. The summed E-state index contributed by atoms with van der Waals surface area (Å²) in [6.45, 7) is 4.00. The molecule has 7 heteroatoms. The van der Waals surface area contributed by atoms with Crippen molar-refractivity contribution >= 4 is 22.3 Å². The van der Waals surface area contributed by atoms with E-state index in [4.69, 9.17) is 9.72 Å². The lowest BCUT2D eigenvalue weighted by Crippen LogP contribution is -2.22. The van der Waals surface area contributed by atoms with Gasteiger partial charge in [-0.15, -0.1) is 0 Å². The molecule has 7 nitrogen and oxygen atoms in total. The van der Waals surface area contributed by atoms with Gasteiger partial charge in [0.05, 0.1) is 53.4 Å². The number of hydrogen-bond donors (Lipinski definition) is 2. The topological polar surface area (TPSA) is 83.1 Å². The summed E-state index contributed by atoms with van der Waals surface area (Å²) in [6, 6.07) is 17.4. The first-order valence-electron chi connectivity index (χ1n) is 10.4. The van der Waals surface area contributed by atoms with E-state index in [1.807, 2.05) is 54.6 Å². The summed E-state index contributed by atoms with van der Waals surface area (Å²) >= 11 is 0. The number of rotatable bonds is 6. The van der Waals surface area contributed by atoms with Crippen LogP contribution in [-0.4, -0.2) is 28.2 Å². The highest BCUT2D eigenvalue weighted by molar-refractivity contribution is 5.92. The largest absolute Gasteiger partial charge is 0.493 e. The predicted octanol–water partition coefficient (Wildman–Crippen LogP) is 4.16. The quantitative estimate of drug-likeness (QED) is 0.494. The van der Waals surface area contributed by atoms with E-state index in [1.54, 1.807) is 6.20 Å². The van der Waals surface area contributed by atoms with Crippen LogP contribution in [0.4, 0.5) is 11.4 Å². The van der Waals surface area contributed by atoms with Crippen molar-refractivity contribution in [3.05, 3.63) is 76.8 Å². The zero-order chi connectivity index (χ0) is 21.2. The second kappa shape index (κ2) is 8.10. The van der Waals surface area contributed by atoms with E-state index in [0.717, 1.165) is 29.1 Å². The van der Waals surface area contributed by atoms with Crippen LogP contribution >= 0.6 is 0 Å². The Bertz CT molecular complexity index is 1290. The summed E-state index contributed by atoms with van der Waals surface area (Å²) in [7, 11) is 0. The molecule has 1 aliphatic rings. The first kappa shape index (κ1) is 19.1. The Labute approximate surface area is 179 Å². The second-order valence-electron chi connectivity index (χ2n) is 7.50. The van der Waals surface area contributed by atoms with Crippen molar-refractivity contribution in [1.29, 1.82) is 0 Å². The highest BCUT2D eigenvalue weighted by Crippen LogP contribution is 2.35. The molecule has 2 aromatic carbocycles. The molecule has 0 saturated heterocycles. The molecule has 0 amide bonds. The molecule has 0 aliphatic carbocycles. The Kier molecular flexibility index (Phi) is 5.00. The van der Waals surface area contributed by atoms with Gasteiger partial charge >= 0.3 is 0 Å². The molecule has 0 spiro atoms. The van der Waals surface area contributed by atoms with Gasteiger partial charge in [0, 0.05) is 6.20 Å². The van der Waals surface area contributed by atoms with Gasteiger partial charge in [-0.2, -0.15) is 0 Å². The van der Waals surface area contributed by atoms with Crippen LogP contribution in [0.1, 0.15) is 19.0 Å². The molecule has 2 aromatic heterocycles. The van der Waals surface area contributed by atoms with Gasteiger partial charge in [-0.3, -0.25) is 9.78 Å². The fourth-order valence-electron chi connectivity index (χ4n) is 3.80. The van der Waals surface area contributed by atoms with Gasteiger partial charge in [0.2, 0.25) is 0 Å². The average Bonchev–Trinajstić information content (AvgIpc) is 3.19. The van der Waals surface area contributed by atoms with Crippen LogP contribution < -0.4 is 20.5 Å². The standard InChI is InChI=1S/C24H23N5O2/c1-2-11-31-22-9-4-3-8-17(22)23-27-19-13-21-20(12-18(19)24(30)28-23)26-15-29(21)14-16-7-5-6-10-25-16/h3-10,12-13,26H,2,11,14-15H2,1H3,(H,27,28,30). The van der Waals surface area contributed by atoms with Gasteiger partial charge in [-0.1, -0.05) is 25.1 Å². The van der Waals surface area contributed by atoms with Crippen LogP contribution in [0.15, 0.2) is 65.6 Å².